The molecule has 2 N–H and O–H groups in total. The van der Waals surface area contributed by atoms with E-state index in [1.54, 1.807) is 47.4 Å². The van der Waals surface area contributed by atoms with Crippen LogP contribution >= 0.6 is 0 Å². The summed E-state index contributed by atoms with van der Waals surface area (Å²) >= 11 is 0. The molecular weight excluding hydrogens is 372 g/mol. The van der Waals surface area contributed by atoms with E-state index in [-0.39, 0.29) is 24.9 Å². The van der Waals surface area contributed by atoms with Crippen LogP contribution in [0.25, 0.3) is 0 Å². The third kappa shape index (κ3) is 5.46. The molecule has 0 unspecified atom stereocenters. The van der Waals surface area contributed by atoms with Gasteiger partial charge < -0.3 is 20.1 Å². The number of nitriles is 1. The van der Waals surface area contributed by atoms with Crippen molar-refractivity contribution < 1.29 is 19.1 Å². The Labute approximate surface area is 169 Å². The van der Waals surface area contributed by atoms with Gasteiger partial charge in [0.15, 0.2) is 11.5 Å². The molecule has 1 aliphatic rings. The molecule has 0 atom stereocenters. The number of anilines is 2. The second-order valence-corrected chi connectivity index (χ2v) is 6.42. The van der Waals surface area contributed by atoms with Gasteiger partial charge in [-0.1, -0.05) is 19.1 Å². The van der Waals surface area contributed by atoms with Crippen LogP contribution in [0.4, 0.5) is 11.4 Å². The van der Waals surface area contributed by atoms with Crippen molar-refractivity contribution in [1.29, 1.82) is 5.26 Å². The maximum Gasteiger partial charge on any atom is 0.238 e. The lowest BCUT2D eigenvalue weighted by atomic mass is 10.2. The first-order valence-corrected chi connectivity index (χ1v) is 9.30. The number of carbonyl (C=O) groups excluding carboxylic acids is 2. The third-order valence-corrected chi connectivity index (χ3v) is 4.33. The van der Waals surface area contributed by atoms with Gasteiger partial charge in [0.25, 0.3) is 0 Å². The molecule has 0 spiro atoms. The second kappa shape index (κ2) is 9.57. The first-order chi connectivity index (χ1) is 14.1. The summed E-state index contributed by atoms with van der Waals surface area (Å²) in [6.45, 7) is 3.45. The third-order valence-electron chi connectivity index (χ3n) is 4.33. The fraction of sp³-hybridized carbons (Fsp3) is 0.286. The lowest BCUT2D eigenvalue weighted by molar-refractivity contribution is -0.119. The number of amides is 2. The number of hydrogen-bond acceptors (Lipinski definition) is 6. The molecule has 2 aromatic carbocycles. The van der Waals surface area contributed by atoms with Gasteiger partial charge in [0.1, 0.15) is 19.3 Å². The number of fused-ring (bicyclic) bond motifs is 1. The average Bonchev–Trinajstić information content (AvgIpc) is 2.73. The largest absolute Gasteiger partial charge is 0.486 e. The zero-order valence-electron chi connectivity index (χ0n) is 16.1. The highest BCUT2D eigenvalue weighted by Crippen LogP contribution is 2.32. The van der Waals surface area contributed by atoms with Gasteiger partial charge in [-0.2, -0.15) is 5.26 Å². The average molecular weight is 394 g/mol. The van der Waals surface area contributed by atoms with E-state index in [0.717, 1.165) is 0 Å². The van der Waals surface area contributed by atoms with E-state index in [1.807, 2.05) is 13.0 Å². The van der Waals surface area contributed by atoms with E-state index in [0.29, 0.717) is 48.2 Å². The Morgan fingerprint density at radius 3 is 2.45 bits per heavy atom. The molecule has 1 aliphatic heterocycles. The number of nitrogens with zero attached hydrogens (tertiary/aromatic N) is 2. The van der Waals surface area contributed by atoms with Gasteiger partial charge in [0.2, 0.25) is 11.8 Å². The van der Waals surface area contributed by atoms with Gasteiger partial charge >= 0.3 is 0 Å². The Morgan fingerprint density at radius 1 is 1.03 bits per heavy atom. The molecule has 0 saturated carbocycles. The normalized spacial score (nSPS) is 12.2. The fourth-order valence-electron chi connectivity index (χ4n) is 2.89. The Balaban J connectivity index is 1.54. The maximum atomic E-state index is 12.4. The van der Waals surface area contributed by atoms with Gasteiger partial charge in [-0.25, -0.2) is 0 Å². The number of carbonyl (C=O) groups is 2. The summed E-state index contributed by atoms with van der Waals surface area (Å²) in [5, 5.41) is 14.6. The van der Waals surface area contributed by atoms with E-state index in [4.69, 9.17) is 14.7 Å². The van der Waals surface area contributed by atoms with Crippen LogP contribution in [0.15, 0.2) is 42.5 Å². The number of benzene rings is 2. The van der Waals surface area contributed by atoms with Crippen LogP contribution in [0, 0.1) is 11.3 Å². The Kier molecular flexibility index (Phi) is 6.66. The summed E-state index contributed by atoms with van der Waals surface area (Å²) < 4.78 is 11.0. The minimum atomic E-state index is -0.290. The Bertz CT molecular complexity index is 939. The summed E-state index contributed by atoms with van der Waals surface area (Å²) in [5.41, 5.74) is 1.44. The molecule has 0 fully saturated rings. The monoisotopic (exact) mass is 394 g/mol. The van der Waals surface area contributed by atoms with Gasteiger partial charge in [0.05, 0.1) is 24.3 Å². The number of likely N-dealkylation sites (N-methyl/N-ethyl adjacent to an activating group) is 1. The highest BCUT2D eigenvalue weighted by atomic mass is 16.6. The van der Waals surface area contributed by atoms with Crippen molar-refractivity contribution in [1.82, 2.24) is 4.90 Å². The van der Waals surface area contributed by atoms with Gasteiger partial charge in [-0.15, -0.1) is 0 Å². The lowest BCUT2D eigenvalue weighted by Gasteiger charge is -2.21. The second-order valence-electron chi connectivity index (χ2n) is 6.42. The summed E-state index contributed by atoms with van der Waals surface area (Å²) in [5.74, 6) is 0.714. The predicted molar refractivity (Wildman–Crippen MR) is 108 cm³/mol. The fourth-order valence-corrected chi connectivity index (χ4v) is 2.89. The quantitative estimate of drug-likeness (QED) is 0.746. The molecule has 8 heteroatoms. The summed E-state index contributed by atoms with van der Waals surface area (Å²) in [6.07, 6.45) is 0. The molecule has 2 amide bonds. The van der Waals surface area contributed by atoms with Crippen LogP contribution in [-0.4, -0.2) is 49.6 Å². The Morgan fingerprint density at radius 2 is 1.72 bits per heavy atom. The zero-order chi connectivity index (χ0) is 20.6. The maximum absolute atomic E-state index is 12.4. The van der Waals surface area contributed by atoms with Crippen molar-refractivity contribution in [3.05, 3.63) is 48.0 Å². The van der Waals surface area contributed by atoms with E-state index >= 15 is 0 Å². The number of para-hydroxylation sites is 1. The van der Waals surface area contributed by atoms with E-state index in [1.165, 1.54) is 0 Å². The standard InChI is InChI=1S/C21H22N4O4/c1-2-25(14-21(27)24-17-6-4-3-5-15(17)12-22)13-20(26)23-16-7-8-18-19(11-16)29-10-9-28-18/h3-8,11H,2,9-10,13-14H2,1H3,(H,23,26)(H,24,27). The van der Waals surface area contributed by atoms with Crippen molar-refractivity contribution in [2.45, 2.75) is 6.92 Å². The zero-order valence-corrected chi connectivity index (χ0v) is 16.1. The predicted octanol–water partition coefficient (Wildman–Crippen LogP) is 2.23. The van der Waals surface area contributed by atoms with Crippen molar-refractivity contribution in [3.63, 3.8) is 0 Å². The van der Waals surface area contributed by atoms with Crippen LogP contribution in [0.5, 0.6) is 11.5 Å². The number of nitrogens with one attached hydrogen (secondary N) is 2. The van der Waals surface area contributed by atoms with Crippen molar-refractivity contribution in [3.8, 4) is 17.6 Å². The van der Waals surface area contributed by atoms with Crippen LogP contribution in [0.3, 0.4) is 0 Å². The molecule has 8 nitrogen and oxygen atoms in total. The lowest BCUT2D eigenvalue weighted by Crippen LogP contribution is -2.38. The van der Waals surface area contributed by atoms with Crippen molar-refractivity contribution in [2.24, 2.45) is 0 Å². The van der Waals surface area contributed by atoms with Crippen LogP contribution in [0.1, 0.15) is 12.5 Å². The molecule has 0 aromatic heterocycles. The smallest absolute Gasteiger partial charge is 0.238 e. The van der Waals surface area contributed by atoms with Crippen LogP contribution < -0.4 is 20.1 Å². The van der Waals surface area contributed by atoms with Gasteiger partial charge in [-0.05, 0) is 30.8 Å². The van der Waals surface area contributed by atoms with Gasteiger partial charge in [0, 0.05) is 11.8 Å². The van der Waals surface area contributed by atoms with E-state index < -0.39 is 0 Å². The molecule has 0 saturated heterocycles. The molecular formula is C21H22N4O4. The SMILES string of the molecule is CCN(CC(=O)Nc1ccc2c(c1)OCCO2)CC(=O)Nc1ccccc1C#N. The minimum Gasteiger partial charge on any atom is -0.486 e. The molecule has 0 radical (unpaired) electrons. The van der Waals surface area contributed by atoms with Crippen molar-refractivity contribution >= 4 is 23.2 Å². The number of rotatable bonds is 7. The highest BCUT2D eigenvalue weighted by Gasteiger charge is 2.16. The topological polar surface area (TPSA) is 104 Å². The Hall–Kier alpha value is -3.57. The summed E-state index contributed by atoms with van der Waals surface area (Å²) in [6, 6.07) is 14.0. The molecule has 0 aliphatic carbocycles. The molecule has 3 rings (SSSR count). The molecule has 0 bridgehead atoms. The first kappa shape index (κ1) is 20.2. The van der Waals surface area contributed by atoms with Crippen LogP contribution in [0.2, 0.25) is 0 Å². The van der Waals surface area contributed by atoms with E-state index in [9.17, 15) is 9.59 Å². The molecule has 2 aromatic rings. The first-order valence-electron chi connectivity index (χ1n) is 9.30. The van der Waals surface area contributed by atoms with Crippen LogP contribution in [-0.2, 0) is 9.59 Å². The van der Waals surface area contributed by atoms with Gasteiger partial charge in [-0.3, -0.25) is 14.5 Å². The molecule has 29 heavy (non-hydrogen) atoms. The highest BCUT2D eigenvalue weighted by molar-refractivity contribution is 5.95. The summed E-state index contributed by atoms with van der Waals surface area (Å²) in [4.78, 5) is 26.4. The van der Waals surface area contributed by atoms with E-state index in [2.05, 4.69) is 10.6 Å². The minimum absolute atomic E-state index is 0.0326. The van der Waals surface area contributed by atoms with Crippen molar-refractivity contribution in [2.75, 3.05) is 43.5 Å². The number of hydrogen-bond donors (Lipinski definition) is 2. The number of ether oxygens (including phenoxy) is 2. The summed E-state index contributed by atoms with van der Waals surface area (Å²) in [7, 11) is 0. The molecule has 150 valence electrons. The molecule has 1 heterocycles.